The van der Waals surface area contributed by atoms with Crippen LogP contribution in [0.3, 0.4) is 0 Å². The lowest BCUT2D eigenvalue weighted by Gasteiger charge is -2.31. The Bertz CT molecular complexity index is 357. The number of hydrogen-bond donors (Lipinski definition) is 1. The van der Waals surface area contributed by atoms with Crippen molar-refractivity contribution in [2.45, 2.75) is 39.7 Å². The van der Waals surface area contributed by atoms with Crippen LogP contribution in [0.25, 0.3) is 0 Å². The van der Waals surface area contributed by atoms with Crippen LogP contribution in [-0.2, 0) is 6.54 Å². The van der Waals surface area contributed by atoms with Gasteiger partial charge in [-0.15, -0.1) is 0 Å². The van der Waals surface area contributed by atoms with Crippen LogP contribution in [0.15, 0.2) is 18.3 Å². The minimum Gasteiger partial charge on any atom is -0.385 e. The number of nitrogens with one attached hydrogen (secondary N) is 1. The molecule has 1 aliphatic heterocycles. The van der Waals surface area contributed by atoms with E-state index in [0.29, 0.717) is 0 Å². The van der Waals surface area contributed by atoms with E-state index in [2.05, 4.69) is 35.1 Å². The average molecular weight is 247 g/mol. The SMILES string of the molecule is CCNc1ccnc(CN2CCC(CC)CC2)c1. The largest absolute Gasteiger partial charge is 0.385 e. The number of hydrogen-bond acceptors (Lipinski definition) is 3. The summed E-state index contributed by atoms with van der Waals surface area (Å²) in [5.74, 6) is 0.947. The molecule has 0 spiro atoms. The molecule has 0 bridgehead atoms. The molecular weight excluding hydrogens is 222 g/mol. The summed E-state index contributed by atoms with van der Waals surface area (Å²) in [6, 6.07) is 4.21. The summed E-state index contributed by atoms with van der Waals surface area (Å²) in [5.41, 5.74) is 2.37. The molecular formula is C15H25N3. The van der Waals surface area contributed by atoms with E-state index >= 15 is 0 Å². The second-order valence-corrected chi connectivity index (χ2v) is 5.19. The summed E-state index contributed by atoms with van der Waals surface area (Å²) in [6.07, 6.45) is 5.95. The molecule has 2 rings (SSSR count). The van der Waals surface area contributed by atoms with Gasteiger partial charge in [-0.1, -0.05) is 13.3 Å². The summed E-state index contributed by atoms with van der Waals surface area (Å²) in [5, 5.41) is 3.34. The van der Waals surface area contributed by atoms with E-state index in [-0.39, 0.29) is 0 Å². The topological polar surface area (TPSA) is 28.2 Å². The molecule has 0 radical (unpaired) electrons. The minimum absolute atomic E-state index is 0.947. The summed E-state index contributed by atoms with van der Waals surface area (Å²) < 4.78 is 0. The quantitative estimate of drug-likeness (QED) is 0.866. The Hall–Kier alpha value is -1.09. The standard InChI is InChI=1S/C15H25N3/c1-3-13-6-9-18(10-7-13)12-15-11-14(16-4-2)5-8-17-15/h5,8,11,13H,3-4,6-7,9-10,12H2,1-2H3,(H,16,17). The third-order valence-electron chi connectivity index (χ3n) is 3.87. The van der Waals surface area contributed by atoms with E-state index < -0.39 is 0 Å². The number of pyridine rings is 1. The van der Waals surface area contributed by atoms with Crippen LogP contribution in [-0.4, -0.2) is 29.5 Å². The van der Waals surface area contributed by atoms with Crippen molar-refractivity contribution in [3.05, 3.63) is 24.0 Å². The molecule has 2 heterocycles. The maximum atomic E-state index is 4.47. The van der Waals surface area contributed by atoms with Gasteiger partial charge in [-0.3, -0.25) is 9.88 Å². The minimum atomic E-state index is 0.947. The highest BCUT2D eigenvalue weighted by Crippen LogP contribution is 2.21. The summed E-state index contributed by atoms with van der Waals surface area (Å²) in [6.45, 7) is 8.84. The smallest absolute Gasteiger partial charge is 0.0564 e. The molecule has 0 aromatic carbocycles. The maximum Gasteiger partial charge on any atom is 0.0564 e. The highest BCUT2D eigenvalue weighted by Gasteiger charge is 2.17. The number of rotatable bonds is 5. The van der Waals surface area contributed by atoms with Crippen LogP contribution in [0, 0.1) is 5.92 Å². The molecule has 0 amide bonds. The van der Waals surface area contributed by atoms with Gasteiger partial charge < -0.3 is 5.32 Å². The summed E-state index contributed by atoms with van der Waals surface area (Å²) in [4.78, 5) is 7.01. The second kappa shape index (κ2) is 6.74. The van der Waals surface area contributed by atoms with Gasteiger partial charge in [0.15, 0.2) is 0 Å². The third-order valence-corrected chi connectivity index (χ3v) is 3.87. The van der Waals surface area contributed by atoms with Crippen molar-refractivity contribution in [2.24, 2.45) is 5.92 Å². The predicted octanol–water partition coefficient (Wildman–Crippen LogP) is 3.14. The molecule has 3 heteroatoms. The molecule has 1 fully saturated rings. The molecule has 1 aliphatic rings. The van der Waals surface area contributed by atoms with E-state index in [0.717, 1.165) is 19.0 Å². The lowest BCUT2D eigenvalue weighted by Crippen LogP contribution is -2.33. The van der Waals surface area contributed by atoms with Gasteiger partial charge in [-0.05, 0) is 50.9 Å². The van der Waals surface area contributed by atoms with Crippen molar-refractivity contribution in [1.29, 1.82) is 0 Å². The predicted molar refractivity (Wildman–Crippen MR) is 76.7 cm³/mol. The number of piperidine rings is 1. The molecule has 0 unspecified atom stereocenters. The van der Waals surface area contributed by atoms with Crippen molar-refractivity contribution in [1.82, 2.24) is 9.88 Å². The van der Waals surface area contributed by atoms with Crippen LogP contribution in [0.2, 0.25) is 0 Å². The third kappa shape index (κ3) is 3.70. The first kappa shape index (κ1) is 13.3. The molecule has 1 N–H and O–H groups in total. The maximum absolute atomic E-state index is 4.47. The van der Waals surface area contributed by atoms with Crippen molar-refractivity contribution < 1.29 is 0 Å². The van der Waals surface area contributed by atoms with Crippen LogP contribution >= 0.6 is 0 Å². The second-order valence-electron chi connectivity index (χ2n) is 5.19. The molecule has 1 aromatic rings. The van der Waals surface area contributed by atoms with Gasteiger partial charge >= 0.3 is 0 Å². The highest BCUT2D eigenvalue weighted by molar-refractivity contribution is 5.42. The summed E-state index contributed by atoms with van der Waals surface area (Å²) in [7, 11) is 0. The lowest BCUT2D eigenvalue weighted by molar-refractivity contribution is 0.173. The molecule has 0 atom stereocenters. The molecule has 18 heavy (non-hydrogen) atoms. The first-order chi connectivity index (χ1) is 8.81. The van der Waals surface area contributed by atoms with Crippen LogP contribution < -0.4 is 5.32 Å². The molecule has 0 aliphatic carbocycles. The van der Waals surface area contributed by atoms with Crippen molar-refractivity contribution in [2.75, 3.05) is 25.0 Å². The fourth-order valence-corrected chi connectivity index (χ4v) is 2.66. The first-order valence-corrected chi connectivity index (χ1v) is 7.23. The molecule has 100 valence electrons. The van der Waals surface area contributed by atoms with Gasteiger partial charge in [0, 0.05) is 25.0 Å². The van der Waals surface area contributed by atoms with Crippen LogP contribution in [0.4, 0.5) is 5.69 Å². The fourth-order valence-electron chi connectivity index (χ4n) is 2.66. The van der Waals surface area contributed by atoms with E-state index in [1.807, 2.05) is 12.3 Å². The van der Waals surface area contributed by atoms with Gasteiger partial charge in [0.2, 0.25) is 0 Å². The van der Waals surface area contributed by atoms with Crippen molar-refractivity contribution in [3.63, 3.8) is 0 Å². The molecule has 3 nitrogen and oxygen atoms in total. The molecule has 1 aromatic heterocycles. The van der Waals surface area contributed by atoms with E-state index in [9.17, 15) is 0 Å². The Morgan fingerprint density at radius 3 is 2.78 bits per heavy atom. The zero-order valence-electron chi connectivity index (χ0n) is 11.7. The number of aromatic nitrogens is 1. The Morgan fingerprint density at radius 1 is 1.33 bits per heavy atom. The number of nitrogens with zero attached hydrogens (tertiary/aromatic N) is 2. The van der Waals surface area contributed by atoms with E-state index in [1.165, 1.54) is 43.7 Å². The van der Waals surface area contributed by atoms with Gasteiger partial charge in [0.25, 0.3) is 0 Å². The summed E-state index contributed by atoms with van der Waals surface area (Å²) >= 11 is 0. The Kier molecular flexibility index (Phi) is 5.00. The normalized spacial score (nSPS) is 17.9. The van der Waals surface area contributed by atoms with Crippen LogP contribution in [0.5, 0.6) is 0 Å². The Morgan fingerprint density at radius 2 is 2.11 bits per heavy atom. The van der Waals surface area contributed by atoms with Gasteiger partial charge in [-0.25, -0.2) is 0 Å². The van der Waals surface area contributed by atoms with Crippen LogP contribution in [0.1, 0.15) is 38.8 Å². The van der Waals surface area contributed by atoms with Crippen molar-refractivity contribution >= 4 is 5.69 Å². The van der Waals surface area contributed by atoms with E-state index in [1.54, 1.807) is 0 Å². The lowest BCUT2D eigenvalue weighted by atomic mass is 9.94. The van der Waals surface area contributed by atoms with Gasteiger partial charge in [0.1, 0.15) is 0 Å². The zero-order chi connectivity index (χ0) is 12.8. The first-order valence-electron chi connectivity index (χ1n) is 7.23. The number of likely N-dealkylation sites (tertiary alicyclic amines) is 1. The van der Waals surface area contributed by atoms with Gasteiger partial charge in [-0.2, -0.15) is 0 Å². The fraction of sp³-hybridized carbons (Fsp3) is 0.667. The zero-order valence-corrected chi connectivity index (χ0v) is 11.7. The molecule has 0 saturated carbocycles. The van der Waals surface area contributed by atoms with E-state index in [4.69, 9.17) is 0 Å². The molecule has 1 saturated heterocycles. The Balaban J connectivity index is 1.87. The number of anilines is 1. The van der Waals surface area contributed by atoms with Crippen molar-refractivity contribution in [3.8, 4) is 0 Å². The monoisotopic (exact) mass is 247 g/mol. The average Bonchev–Trinajstić information content (AvgIpc) is 2.40. The highest BCUT2D eigenvalue weighted by atomic mass is 15.1. The Labute approximate surface area is 111 Å². The van der Waals surface area contributed by atoms with Gasteiger partial charge in [0.05, 0.1) is 5.69 Å².